The van der Waals surface area contributed by atoms with E-state index in [0.717, 1.165) is 27.8 Å². The highest BCUT2D eigenvalue weighted by Crippen LogP contribution is 2.20. The third kappa shape index (κ3) is 2.83. The van der Waals surface area contributed by atoms with Gasteiger partial charge in [-0.25, -0.2) is 9.97 Å². The first-order chi connectivity index (χ1) is 12.6. The Morgan fingerprint density at radius 3 is 2.92 bits per heavy atom. The number of imidazole rings is 1. The van der Waals surface area contributed by atoms with Crippen molar-refractivity contribution in [1.82, 2.24) is 29.6 Å². The zero-order chi connectivity index (χ0) is 18.1. The molecule has 4 rings (SSSR count). The Hall–Kier alpha value is -3.48. The highest BCUT2D eigenvalue weighted by Gasteiger charge is 2.16. The number of nitrogens with zero attached hydrogens (tertiary/aromatic N) is 5. The summed E-state index contributed by atoms with van der Waals surface area (Å²) in [5.74, 6) is 0.536. The number of nitrogens with one attached hydrogen (secondary N) is 1. The van der Waals surface area contributed by atoms with Gasteiger partial charge in [0.1, 0.15) is 12.1 Å². The minimum absolute atomic E-state index is 0.207. The number of benzene rings is 1. The first-order valence-corrected chi connectivity index (χ1v) is 8.27. The van der Waals surface area contributed by atoms with Gasteiger partial charge in [-0.1, -0.05) is 17.7 Å². The smallest absolute Gasteiger partial charge is 0.272 e. The number of amides is 1. The molecule has 0 spiro atoms. The largest absolute Gasteiger partial charge is 0.346 e. The Balaban J connectivity index is 1.60. The maximum atomic E-state index is 12.7. The zero-order valence-corrected chi connectivity index (χ0v) is 14.5. The van der Waals surface area contributed by atoms with Crippen LogP contribution in [0.25, 0.3) is 16.7 Å². The van der Waals surface area contributed by atoms with Crippen molar-refractivity contribution in [3.63, 3.8) is 0 Å². The molecule has 1 N–H and O–H groups in total. The fraction of sp³-hybridized carbons (Fsp3) is 0.158. The second-order valence-electron chi connectivity index (χ2n) is 6.13. The van der Waals surface area contributed by atoms with Crippen LogP contribution in [0.15, 0.2) is 55.2 Å². The second-order valence-corrected chi connectivity index (χ2v) is 6.13. The van der Waals surface area contributed by atoms with E-state index in [-0.39, 0.29) is 5.91 Å². The zero-order valence-electron chi connectivity index (χ0n) is 14.5. The topological polar surface area (TPSA) is 77.6 Å². The molecule has 3 heterocycles. The Labute approximate surface area is 150 Å². The van der Waals surface area contributed by atoms with E-state index >= 15 is 0 Å². The quantitative estimate of drug-likeness (QED) is 0.615. The van der Waals surface area contributed by atoms with E-state index in [9.17, 15) is 4.79 Å². The van der Waals surface area contributed by atoms with Gasteiger partial charge >= 0.3 is 0 Å². The van der Waals surface area contributed by atoms with Crippen LogP contribution in [0.4, 0.5) is 0 Å². The van der Waals surface area contributed by atoms with E-state index in [1.54, 1.807) is 23.4 Å². The third-order valence-electron chi connectivity index (χ3n) is 4.28. The molecule has 7 nitrogen and oxygen atoms in total. The number of carbonyl (C=O) groups is 1. The molecule has 0 saturated carbocycles. The molecule has 130 valence electrons. The molecule has 0 aliphatic heterocycles. The second kappa shape index (κ2) is 6.44. The summed E-state index contributed by atoms with van der Waals surface area (Å²) in [5, 5.41) is 8.20. The van der Waals surface area contributed by atoms with Crippen molar-refractivity contribution in [3.05, 3.63) is 72.1 Å². The molecule has 0 fully saturated rings. The highest BCUT2D eigenvalue weighted by atomic mass is 16.1. The monoisotopic (exact) mass is 346 g/mol. The lowest BCUT2D eigenvalue weighted by atomic mass is 10.1. The van der Waals surface area contributed by atoms with Gasteiger partial charge in [-0.05, 0) is 25.1 Å². The molecule has 0 radical (unpaired) electrons. The number of hydrogen-bond acceptors (Lipinski definition) is 4. The van der Waals surface area contributed by atoms with Gasteiger partial charge in [-0.3, -0.25) is 14.0 Å². The average molecular weight is 346 g/mol. The molecule has 26 heavy (non-hydrogen) atoms. The Morgan fingerprint density at radius 1 is 1.23 bits per heavy atom. The number of pyridine rings is 1. The van der Waals surface area contributed by atoms with Crippen LogP contribution in [0.3, 0.4) is 0 Å². The van der Waals surface area contributed by atoms with Crippen molar-refractivity contribution in [1.29, 1.82) is 0 Å². The lowest BCUT2D eigenvalue weighted by molar-refractivity contribution is 0.0947. The Morgan fingerprint density at radius 2 is 2.12 bits per heavy atom. The van der Waals surface area contributed by atoms with Crippen LogP contribution >= 0.6 is 0 Å². The van der Waals surface area contributed by atoms with Crippen molar-refractivity contribution < 1.29 is 4.79 Å². The van der Waals surface area contributed by atoms with Gasteiger partial charge < -0.3 is 5.32 Å². The summed E-state index contributed by atoms with van der Waals surface area (Å²) in [5.41, 5.74) is 3.35. The molecule has 0 aliphatic carbocycles. The molecular formula is C19H18N6O. The van der Waals surface area contributed by atoms with Gasteiger partial charge in [0.05, 0.1) is 5.52 Å². The molecule has 0 bridgehead atoms. The van der Waals surface area contributed by atoms with Gasteiger partial charge in [0, 0.05) is 43.1 Å². The summed E-state index contributed by atoms with van der Waals surface area (Å²) < 4.78 is 3.55. The van der Waals surface area contributed by atoms with E-state index in [1.165, 1.54) is 0 Å². The van der Waals surface area contributed by atoms with Gasteiger partial charge in [0.15, 0.2) is 5.69 Å². The van der Waals surface area contributed by atoms with Crippen molar-refractivity contribution in [2.75, 3.05) is 0 Å². The molecule has 0 aliphatic rings. The summed E-state index contributed by atoms with van der Waals surface area (Å²) >= 11 is 0. The van der Waals surface area contributed by atoms with Gasteiger partial charge in [0.2, 0.25) is 0 Å². The fourth-order valence-electron chi connectivity index (χ4n) is 2.99. The van der Waals surface area contributed by atoms with Gasteiger partial charge in [-0.2, -0.15) is 5.10 Å². The van der Waals surface area contributed by atoms with E-state index in [4.69, 9.17) is 0 Å². The van der Waals surface area contributed by atoms with Crippen LogP contribution in [0, 0.1) is 6.92 Å². The van der Waals surface area contributed by atoms with Crippen LogP contribution < -0.4 is 5.32 Å². The summed E-state index contributed by atoms with van der Waals surface area (Å²) in [6.07, 6.45) is 6.92. The molecule has 7 heteroatoms. The Kier molecular flexibility index (Phi) is 3.96. The summed E-state index contributed by atoms with van der Waals surface area (Å²) in [6.45, 7) is 2.35. The maximum absolute atomic E-state index is 12.7. The van der Waals surface area contributed by atoms with Crippen molar-refractivity contribution in [2.24, 2.45) is 7.05 Å². The molecule has 0 unspecified atom stereocenters. The molecule has 3 aromatic heterocycles. The summed E-state index contributed by atoms with van der Waals surface area (Å²) in [4.78, 5) is 21.2. The molecule has 0 atom stereocenters. The Bertz CT molecular complexity index is 1080. The van der Waals surface area contributed by atoms with Crippen LogP contribution in [-0.2, 0) is 13.6 Å². The first kappa shape index (κ1) is 16.0. The number of fused-ring (bicyclic) bond motifs is 1. The number of rotatable bonds is 4. The summed E-state index contributed by atoms with van der Waals surface area (Å²) in [7, 11) is 1.84. The number of hydrogen-bond donors (Lipinski definition) is 1. The van der Waals surface area contributed by atoms with Crippen LogP contribution in [0.2, 0.25) is 0 Å². The van der Waals surface area contributed by atoms with E-state index < -0.39 is 0 Å². The van der Waals surface area contributed by atoms with Crippen molar-refractivity contribution in [2.45, 2.75) is 13.5 Å². The lowest BCUT2D eigenvalue weighted by Gasteiger charge is -2.09. The lowest BCUT2D eigenvalue weighted by Crippen LogP contribution is -2.24. The van der Waals surface area contributed by atoms with Crippen molar-refractivity contribution in [3.8, 4) is 5.82 Å². The number of carbonyl (C=O) groups excluding carboxylic acids is 1. The fourth-order valence-corrected chi connectivity index (χ4v) is 2.99. The SMILES string of the molecule is Cc1ccc2c(c1)c(C(=O)NCc1cccnc1-n1ccnc1)nn2C. The minimum atomic E-state index is -0.207. The molecular weight excluding hydrogens is 328 g/mol. The average Bonchev–Trinajstić information content (AvgIpc) is 3.28. The number of aryl methyl sites for hydroxylation is 2. The highest BCUT2D eigenvalue weighted by molar-refractivity contribution is 6.05. The van der Waals surface area contributed by atoms with E-state index in [2.05, 4.69) is 20.4 Å². The van der Waals surface area contributed by atoms with E-state index in [1.807, 2.05) is 55.1 Å². The number of aromatic nitrogens is 5. The van der Waals surface area contributed by atoms with Crippen LogP contribution in [0.1, 0.15) is 21.6 Å². The first-order valence-electron chi connectivity index (χ1n) is 8.27. The normalized spacial score (nSPS) is 11.0. The van der Waals surface area contributed by atoms with Gasteiger partial charge in [-0.15, -0.1) is 0 Å². The summed E-state index contributed by atoms with van der Waals surface area (Å²) in [6, 6.07) is 9.76. The predicted molar refractivity (Wildman–Crippen MR) is 98.0 cm³/mol. The minimum Gasteiger partial charge on any atom is -0.346 e. The van der Waals surface area contributed by atoms with Gasteiger partial charge in [0.25, 0.3) is 5.91 Å². The molecule has 0 saturated heterocycles. The third-order valence-corrected chi connectivity index (χ3v) is 4.28. The van der Waals surface area contributed by atoms with Crippen LogP contribution in [-0.4, -0.2) is 30.2 Å². The van der Waals surface area contributed by atoms with Crippen molar-refractivity contribution >= 4 is 16.8 Å². The molecule has 4 aromatic rings. The standard InChI is InChI=1S/C19H18N6O/c1-13-5-6-16-15(10-13)17(23-24(16)2)19(26)22-11-14-4-3-7-21-18(14)25-9-8-20-12-25/h3-10,12H,11H2,1-2H3,(H,22,26). The van der Waals surface area contributed by atoms with Crippen LogP contribution in [0.5, 0.6) is 0 Å². The maximum Gasteiger partial charge on any atom is 0.272 e. The molecule has 1 amide bonds. The molecule has 1 aromatic carbocycles. The van der Waals surface area contributed by atoms with E-state index in [0.29, 0.717) is 12.2 Å². The predicted octanol–water partition coefficient (Wildman–Crippen LogP) is 2.39.